The second kappa shape index (κ2) is 5.36. The van der Waals surface area contributed by atoms with Crippen LogP contribution in [0.4, 0.5) is 0 Å². The SMILES string of the molecule is C=CCNC1(C(=O)O)CCCCc2ccccc21. The van der Waals surface area contributed by atoms with Gasteiger partial charge in [-0.25, -0.2) is 4.79 Å². The molecule has 18 heavy (non-hydrogen) atoms. The molecule has 0 heterocycles. The molecule has 1 aromatic rings. The third kappa shape index (κ3) is 2.18. The van der Waals surface area contributed by atoms with Gasteiger partial charge in [0.15, 0.2) is 0 Å². The number of aliphatic carboxylic acids is 1. The summed E-state index contributed by atoms with van der Waals surface area (Å²) < 4.78 is 0. The molecule has 2 N–H and O–H groups in total. The van der Waals surface area contributed by atoms with Crippen LogP contribution in [0.1, 0.15) is 30.4 Å². The van der Waals surface area contributed by atoms with E-state index in [1.165, 1.54) is 0 Å². The number of nitrogens with one attached hydrogen (secondary N) is 1. The van der Waals surface area contributed by atoms with Crippen LogP contribution in [0.2, 0.25) is 0 Å². The van der Waals surface area contributed by atoms with Crippen molar-refractivity contribution in [2.24, 2.45) is 0 Å². The van der Waals surface area contributed by atoms with Gasteiger partial charge in [0.1, 0.15) is 5.54 Å². The van der Waals surface area contributed by atoms with Crippen molar-refractivity contribution in [1.29, 1.82) is 0 Å². The molecule has 96 valence electrons. The molecule has 1 aliphatic rings. The molecule has 0 amide bonds. The molecular weight excluding hydrogens is 226 g/mol. The molecule has 1 aliphatic carbocycles. The normalized spacial score (nSPS) is 22.9. The molecule has 1 unspecified atom stereocenters. The fourth-order valence-corrected chi connectivity index (χ4v) is 2.72. The minimum Gasteiger partial charge on any atom is -0.480 e. The van der Waals surface area contributed by atoms with Crippen molar-refractivity contribution in [2.45, 2.75) is 31.2 Å². The summed E-state index contributed by atoms with van der Waals surface area (Å²) in [4.78, 5) is 11.8. The van der Waals surface area contributed by atoms with E-state index < -0.39 is 11.5 Å². The van der Waals surface area contributed by atoms with Crippen molar-refractivity contribution in [3.05, 3.63) is 48.0 Å². The highest BCUT2D eigenvalue weighted by Crippen LogP contribution is 2.34. The second-order valence-corrected chi connectivity index (χ2v) is 4.74. The summed E-state index contributed by atoms with van der Waals surface area (Å²) in [6, 6.07) is 7.86. The maximum atomic E-state index is 11.8. The molecule has 0 saturated carbocycles. The lowest BCUT2D eigenvalue weighted by atomic mass is 9.84. The third-order valence-electron chi connectivity index (χ3n) is 3.64. The average molecular weight is 245 g/mol. The van der Waals surface area contributed by atoms with Gasteiger partial charge in [0.25, 0.3) is 0 Å². The monoisotopic (exact) mass is 245 g/mol. The maximum Gasteiger partial charge on any atom is 0.328 e. The Hall–Kier alpha value is -1.61. The molecule has 2 rings (SSSR count). The van der Waals surface area contributed by atoms with Gasteiger partial charge in [-0.3, -0.25) is 5.32 Å². The fraction of sp³-hybridized carbons (Fsp3) is 0.400. The summed E-state index contributed by atoms with van der Waals surface area (Å²) in [5, 5.41) is 12.9. The number of carboxylic acids is 1. The zero-order chi connectivity index (χ0) is 13.0. The van der Waals surface area contributed by atoms with E-state index >= 15 is 0 Å². The molecule has 0 spiro atoms. The van der Waals surface area contributed by atoms with Gasteiger partial charge in [-0.2, -0.15) is 0 Å². The van der Waals surface area contributed by atoms with Crippen LogP contribution in [0.3, 0.4) is 0 Å². The first kappa shape index (κ1) is 12.8. The molecule has 0 fully saturated rings. The molecule has 1 aromatic carbocycles. The number of aryl methyl sites for hydroxylation is 1. The van der Waals surface area contributed by atoms with Crippen LogP contribution >= 0.6 is 0 Å². The first-order chi connectivity index (χ1) is 8.70. The quantitative estimate of drug-likeness (QED) is 0.633. The second-order valence-electron chi connectivity index (χ2n) is 4.74. The molecule has 3 nitrogen and oxygen atoms in total. The summed E-state index contributed by atoms with van der Waals surface area (Å²) in [5.74, 6) is -0.793. The molecule has 0 aromatic heterocycles. The van der Waals surface area contributed by atoms with Gasteiger partial charge in [0.05, 0.1) is 0 Å². The van der Waals surface area contributed by atoms with Gasteiger partial charge in [0.2, 0.25) is 0 Å². The van der Waals surface area contributed by atoms with E-state index in [1.54, 1.807) is 6.08 Å². The Balaban J connectivity index is 2.50. The van der Waals surface area contributed by atoms with Gasteiger partial charge < -0.3 is 5.11 Å². The summed E-state index contributed by atoms with van der Waals surface area (Å²) in [6.07, 6.45) is 5.26. The molecule has 0 saturated heterocycles. The topological polar surface area (TPSA) is 49.3 Å². The lowest BCUT2D eigenvalue weighted by Gasteiger charge is -2.31. The summed E-state index contributed by atoms with van der Waals surface area (Å²) in [7, 11) is 0. The molecule has 1 atom stereocenters. The first-order valence-electron chi connectivity index (χ1n) is 6.38. The van der Waals surface area contributed by atoms with Crippen molar-refractivity contribution in [1.82, 2.24) is 5.32 Å². The highest BCUT2D eigenvalue weighted by atomic mass is 16.4. The lowest BCUT2D eigenvalue weighted by molar-refractivity contribution is -0.145. The Bertz CT molecular complexity index is 456. The number of carbonyl (C=O) groups is 1. The van der Waals surface area contributed by atoms with E-state index in [1.807, 2.05) is 24.3 Å². The summed E-state index contributed by atoms with van der Waals surface area (Å²) in [5.41, 5.74) is 1.10. The van der Waals surface area contributed by atoms with E-state index in [0.29, 0.717) is 13.0 Å². The Morgan fingerprint density at radius 3 is 2.94 bits per heavy atom. The molecular formula is C15H19NO2. The zero-order valence-electron chi connectivity index (χ0n) is 10.5. The molecule has 0 radical (unpaired) electrons. The number of hydrogen-bond donors (Lipinski definition) is 2. The molecule has 0 aliphatic heterocycles. The van der Waals surface area contributed by atoms with Gasteiger partial charge in [0, 0.05) is 6.54 Å². The summed E-state index contributed by atoms with van der Waals surface area (Å²) >= 11 is 0. The van der Waals surface area contributed by atoms with Gasteiger partial charge in [-0.05, 0) is 30.4 Å². The Kier molecular flexibility index (Phi) is 3.82. The molecule has 3 heteroatoms. The number of benzene rings is 1. The van der Waals surface area contributed by atoms with Crippen molar-refractivity contribution >= 4 is 5.97 Å². The van der Waals surface area contributed by atoms with Crippen molar-refractivity contribution in [2.75, 3.05) is 6.54 Å². The van der Waals surface area contributed by atoms with E-state index in [0.717, 1.165) is 30.4 Å². The van der Waals surface area contributed by atoms with Crippen LogP contribution in [0.15, 0.2) is 36.9 Å². The van der Waals surface area contributed by atoms with Gasteiger partial charge in [-0.15, -0.1) is 6.58 Å². The van der Waals surface area contributed by atoms with E-state index in [2.05, 4.69) is 11.9 Å². The van der Waals surface area contributed by atoms with Crippen LogP contribution in [-0.4, -0.2) is 17.6 Å². The Labute approximate surface area is 108 Å². The van der Waals surface area contributed by atoms with Gasteiger partial charge >= 0.3 is 5.97 Å². The van der Waals surface area contributed by atoms with Crippen LogP contribution in [0, 0.1) is 0 Å². The largest absolute Gasteiger partial charge is 0.480 e. The highest BCUT2D eigenvalue weighted by molar-refractivity contribution is 5.81. The van der Waals surface area contributed by atoms with Crippen LogP contribution in [0.5, 0.6) is 0 Å². The predicted molar refractivity (Wildman–Crippen MR) is 71.5 cm³/mol. The standard InChI is InChI=1S/C15H19NO2/c1-2-11-16-15(14(17)18)10-6-5-8-12-7-3-4-9-13(12)15/h2-4,7,9,16H,1,5-6,8,10-11H2,(H,17,18). The lowest BCUT2D eigenvalue weighted by Crippen LogP contribution is -2.49. The number of hydrogen-bond acceptors (Lipinski definition) is 2. The minimum atomic E-state index is -0.957. The van der Waals surface area contributed by atoms with Crippen LogP contribution in [0.25, 0.3) is 0 Å². The van der Waals surface area contributed by atoms with E-state index in [-0.39, 0.29) is 0 Å². The third-order valence-corrected chi connectivity index (χ3v) is 3.64. The van der Waals surface area contributed by atoms with E-state index in [4.69, 9.17) is 0 Å². The predicted octanol–water partition coefficient (Wildman–Crippen LogP) is 2.47. The van der Waals surface area contributed by atoms with Crippen molar-refractivity contribution < 1.29 is 9.90 Å². The van der Waals surface area contributed by atoms with Crippen LogP contribution < -0.4 is 5.32 Å². The number of fused-ring (bicyclic) bond motifs is 1. The first-order valence-corrected chi connectivity index (χ1v) is 6.38. The highest BCUT2D eigenvalue weighted by Gasteiger charge is 2.41. The Morgan fingerprint density at radius 2 is 2.22 bits per heavy atom. The van der Waals surface area contributed by atoms with Gasteiger partial charge in [-0.1, -0.05) is 36.8 Å². The minimum absolute atomic E-state index is 0.501. The van der Waals surface area contributed by atoms with E-state index in [9.17, 15) is 9.90 Å². The number of carboxylic acid groups (broad SMARTS) is 1. The van der Waals surface area contributed by atoms with Crippen molar-refractivity contribution in [3.63, 3.8) is 0 Å². The number of rotatable bonds is 4. The Morgan fingerprint density at radius 1 is 1.44 bits per heavy atom. The fourth-order valence-electron chi connectivity index (χ4n) is 2.72. The van der Waals surface area contributed by atoms with Crippen molar-refractivity contribution in [3.8, 4) is 0 Å². The zero-order valence-corrected chi connectivity index (χ0v) is 10.5. The summed E-state index contributed by atoms with van der Waals surface area (Å²) in [6.45, 7) is 4.16. The maximum absolute atomic E-state index is 11.8. The van der Waals surface area contributed by atoms with Crippen LogP contribution in [-0.2, 0) is 16.8 Å². The smallest absolute Gasteiger partial charge is 0.328 e. The molecule has 0 bridgehead atoms. The average Bonchev–Trinajstić information content (AvgIpc) is 2.57.